The molecule has 0 spiro atoms. The van der Waals surface area contributed by atoms with Crippen LogP contribution in [0.1, 0.15) is 25.7 Å². The van der Waals surface area contributed by atoms with Crippen molar-refractivity contribution in [3.63, 3.8) is 0 Å². The van der Waals surface area contributed by atoms with E-state index in [9.17, 15) is 0 Å². The quantitative estimate of drug-likeness (QED) is 0.853. The maximum atomic E-state index is 5.85. The van der Waals surface area contributed by atoms with Crippen LogP contribution in [-0.4, -0.2) is 31.1 Å². The average Bonchev–Trinajstić information content (AvgIpc) is 2.34. The maximum Gasteiger partial charge on any atom is 0.142 e. The van der Waals surface area contributed by atoms with Gasteiger partial charge in [0.2, 0.25) is 0 Å². The molecular formula is C14H21ClN2O. The molecule has 1 atom stereocenters. The lowest BCUT2D eigenvalue weighted by atomic mass is 10.0. The van der Waals surface area contributed by atoms with Crippen molar-refractivity contribution in [3.8, 4) is 5.75 Å². The molecule has 0 amide bonds. The highest BCUT2D eigenvalue weighted by atomic mass is 35.5. The van der Waals surface area contributed by atoms with Gasteiger partial charge < -0.3 is 15.4 Å². The summed E-state index contributed by atoms with van der Waals surface area (Å²) in [5, 5.41) is 0.645. The predicted molar refractivity (Wildman–Crippen MR) is 76.2 cm³/mol. The van der Waals surface area contributed by atoms with E-state index in [1.807, 2.05) is 6.07 Å². The van der Waals surface area contributed by atoms with E-state index in [-0.39, 0.29) is 0 Å². The van der Waals surface area contributed by atoms with Crippen LogP contribution in [0.3, 0.4) is 0 Å². The Kier molecular flexibility index (Phi) is 4.72. The third-order valence-electron chi connectivity index (χ3n) is 3.60. The molecule has 2 rings (SSSR count). The van der Waals surface area contributed by atoms with E-state index in [4.69, 9.17) is 22.1 Å². The van der Waals surface area contributed by atoms with Gasteiger partial charge in [-0.15, -0.1) is 0 Å². The number of likely N-dealkylation sites (tertiary alicyclic amines) is 1. The van der Waals surface area contributed by atoms with Gasteiger partial charge in [0.1, 0.15) is 5.75 Å². The largest absolute Gasteiger partial charge is 0.491 e. The number of benzene rings is 1. The van der Waals surface area contributed by atoms with Crippen LogP contribution in [0, 0.1) is 0 Å². The van der Waals surface area contributed by atoms with E-state index in [1.54, 1.807) is 12.1 Å². The number of nitrogens with zero attached hydrogens (tertiary/aromatic N) is 1. The molecule has 1 saturated heterocycles. The average molecular weight is 269 g/mol. The molecule has 1 unspecified atom stereocenters. The molecule has 0 saturated carbocycles. The molecule has 100 valence electrons. The predicted octanol–water partition coefficient (Wildman–Crippen LogP) is 3.18. The molecule has 0 aromatic heterocycles. The van der Waals surface area contributed by atoms with Gasteiger partial charge in [0, 0.05) is 11.1 Å². The number of ether oxygens (including phenoxy) is 1. The second-order valence-corrected chi connectivity index (χ2v) is 5.39. The van der Waals surface area contributed by atoms with Crippen LogP contribution < -0.4 is 10.5 Å². The van der Waals surface area contributed by atoms with Crippen LogP contribution in [0.4, 0.5) is 5.69 Å². The number of hydrogen-bond acceptors (Lipinski definition) is 3. The normalized spacial score (nSPS) is 20.9. The Morgan fingerprint density at radius 3 is 3.00 bits per heavy atom. The lowest BCUT2D eigenvalue weighted by molar-refractivity contribution is 0.153. The maximum absolute atomic E-state index is 5.85. The topological polar surface area (TPSA) is 38.5 Å². The molecular weight excluding hydrogens is 248 g/mol. The molecule has 3 nitrogen and oxygen atoms in total. The first-order chi connectivity index (χ1) is 8.66. The van der Waals surface area contributed by atoms with Crippen molar-refractivity contribution in [2.75, 3.05) is 25.9 Å². The molecule has 0 radical (unpaired) electrons. The Morgan fingerprint density at radius 2 is 2.28 bits per heavy atom. The van der Waals surface area contributed by atoms with Crippen LogP contribution in [0.15, 0.2) is 18.2 Å². The van der Waals surface area contributed by atoms with Gasteiger partial charge in [-0.25, -0.2) is 0 Å². The minimum Gasteiger partial charge on any atom is -0.491 e. The first kappa shape index (κ1) is 13.5. The number of halogens is 1. The highest BCUT2D eigenvalue weighted by molar-refractivity contribution is 6.30. The van der Waals surface area contributed by atoms with Crippen molar-refractivity contribution in [2.24, 2.45) is 0 Å². The van der Waals surface area contributed by atoms with Crippen LogP contribution in [0.2, 0.25) is 5.02 Å². The van der Waals surface area contributed by atoms with E-state index < -0.39 is 0 Å². The van der Waals surface area contributed by atoms with E-state index >= 15 is 0 Å². The van der Waals surface area contributed by atoms with E-state index in [2.05, 4.69) is 11.9 Å². The molecule has 1 aromatic carbocycles. The molecule has 1 aliphatic rings. The standard InChI is InChI=1S/C14H21ClN2O/c1-17-8-3-2-4-12(17)7-9-18-14-6-5-11(15)10-13(14)16/h5-6,10,12H,2-4,7-9,16H2,1H3. The Hall–Kier alpha value is -0.930. The second kappa shape index (κ2) is 6.30. The fourth-order valence-electron chi connectivity index (χ4n) is 2.46. The number of hydrogen-bond donors (Lipinski definition) is 1. The van der Waals surface area contributed by atoms with E-state index in [0.717, 1.165) is 12.2 Å². The Bertz CT molecular complexity index is 397. The van der Waals surface area contributed by atoms with Gasteiger partial charge in [-0.2, -0.15) is 0 Å². The highest BCUT2D eigenvalue weighted by Gasteiger charge is 2.18. The SMILES string of the molecule is CN1CCCCC1CCOc1ccc(Cl)cc1N. The Labute approximate surface area is 114 Å². The van der Waals surface area contributed by atoms with Crippen molar-refractivity contribution < 1.29 is 4.74 Å². The van der Waals surface area contributed by atoms with Crippen molar-refractivity contribution in [3.05, 3.63) is 23.2 Å². The van der Waals surface area contributed by atoms with Crippen molar-refractivity contribution in [1.29, 1.82) is 0 Å². The lowest BCUT2D eigenvalue weighted by Crippen LogP contribution is -2.37. The van der Waals surface area contributed by atoms with Gasteiger partial charge in [0.15, 0.2) is 0 Å². The van der Waals surface area contributed by atoms with Crippen molar-refractivity contribution in [2.45, 2.75) is 31.7 Å². The molecule has 18 heavy (non-hydrogen) atoms. The highest BCUT2D eigenvalue weighted by Crippen LogP contribution is 2.25. The minimum atomic E-state index is 0.611. The smallest absolute Gasteiger partial charge is 0.142 e. The number of nitrogen functional groups attached to an aromatic ring is 1. The van der Waals surface area contributed by atoms with Gasteiger partial charge in [-0.1, -0.05) is 18.0 Å². The Morgan fingerprint density at radius 1 is 1.44 bits per heavy atom. The summed E-state index contributed by atoms with van der Waals surface area (Å²) < 4.78 is 5.73. The summed E-state index contributed by atoms with van der Waals surface area (Å²) in [7, 11) is 2.19. The zero-order chi connectivity index (χ0) is 13.0. The lowest BCUT2D eigenvalue weighted by Gasteiger charge is -2.32. The molecule has 1 aliphatic heterocycles. The monoisotopic (exact) mass is 268 g/mol. The number of nitrogens with two attached hydrogens (primary N) is 1. The number of anilines is 1. The zero-order valence-corrected chi connectivity index (χ0v) is 11.6. The molecule has 0 bridgehead atoms. The molecule has 4 heteroatoms. The molecule has 1 fully saturated rings. The molecule has 1 heterocycles. The number of piperidine rings is 1. The van der Waals surface area contributed by atoms with Gasteiger partial charge in [0.05, 0.1) is 12.3 Å². The van der Waals surface area contributed by atoms with Crippen LogP contribution in [0.25, 0.3) is 0 Å². The van der Waals surface area contributed by atoms with Crippen molar-refractivity contribution >= 4 is 17.3 Å². The van der Waals surface area contributed by atoms with Gasteiger partial charge in [-0.3, -0.25) is 0 Å². The fourth-order valence-corrected chi connectivity index (χ4v) is 2.65. The van der Waals surface area contributed by atoms with Gasteiger partial charge in [-0.05, 0) is 51.1 Å². The molecule has 2 N–H and O–H groups in total. The zero-order valence-electron chi connectivity index (χ0n) is 10.9. The Balaban J connectivity index is 1.81. The van der Waals surface area contributed by atoms with Crippen molar-refractivity contribution in [1.82, 2.24) is 4.90 Å². The van der Waals surface area contributed by atoms with Crippen LogP contribution in [-0.2, 0) is 0 Å². The first-order valence-corrected chi connectivity index (χ1v) is 6.92. The summed E-state index contributed by atoms with van der Waals surface area (Å²) in [6.07, 6.45) is 4.98. The summed E-state index contributed by atoms with van der Waals surface area (Å²) in [6.45, 7) is 1.91. The number of rotatable bonds is 4. The first-order valence-electron chi connectivity index (χ1n) is 6.55. The summed E-state index contributed by atoms with van der Waals surface area (Å²) in [4.78, 5) is 2.43. The van der Waals surface area contributed by atoms with Gasteiger partial charge in [0.25, 0.3) is 0 Å². The minimum absolute atomic E-state index is 0.611. The third kappa shape index (κ3) is 3.53. The summed E-state index contributed by atoms with van der Waals surface area (Å²) in [6, 6.07) is 6.01. The van der Waals surface area contributed by atoms with Crippen LogP contribution >= 0.6 is 11.6 Å². The summed E-state index contributed by atoms with van der Waals surface area (Å²) in [5.41, 5.74) is 6.46. The summed E-state index contributed by atoms with van der Waals surface area (Å²) in [5.74, 6) is 0.734. The second-order valence-electron chi connectivity index (χ2n) is 4.95. The van der Waals surface area contributed by atoms with E-state index in [0.29, 0.717) is 23.4 Å². The molecule has 0 aliphatic carbocycles. The summed E-state index contributed by atoms with van der Waals surface area (Å²) >= 11 is 5.85. The molecule has 1 aromatic rings. The van der Waals surface area contributed by atoms with Gasteiger partial charge >= 0.3 is 0 Å². The third-order valence-corrected chi connectivity index (χ3v) is 3.84. The van der Waals surface area contributed by atoms with Crippen LogP contribution in [0.5, 0.6) is 5.75 Å². The van der Waals surface area contributed by atoms with E-state index in [1.165, 1.54) is 25.8 Å². The fraction of sp³-hybridized carbons (Fsp3) is 0.571.